The summed E-state index contributed by atoms with van der Waals surface area (Å²) in [5.41, 5.74) is 0.505. The van der Waals surface area contributed by atoms with Crippen molar-refractivity contribution in [3.63, 3.8) is 0 Å². The van der Waals surface area contributed by atoms with Crippen molar-refractivity contribution in [2.75, 3.05) is 13.7 Å². The molecule has 14 heavy (non-hydrogen) atoms. The monoisotopic (exact) mass is 196 g/mol. The van der Waals surface area contributed by atoms with Gasteiger partial charge < -0.3 is 0 Å². The summed E-state index contributed by atoms with van der Waals surface area (Å²) in [5.74, 6) is 3.05. The fourth-order valence-corrected chi connectivity index (χ4v) is 4.65. The smallest absolute Gasteiger partial charge is 0.0878 e. The minimum atomic E-state index is 0.505. The maximum Gasteiger partial charge on any atom is 0.0878 e. The Bertz CT molecular complexity index is 189. The van der Waals surface area contributed by atoms with Gasteiger partial charge in [0.25, 0.3) is 0 Å². The third-order valence-electron chi connectivity index (χ3n) is 4.65. The summed E-state index contributed by atoms with van der Waals surface area (Å²) in [6.45, 7) is 0.840. The topological polar surface area (TPSA) is 18.5 Å². The van der Waals surface area contributed by atoms with Crippen molar-refractivity contribution in [1.82, 2.24) is 0 Å². The van der Waals surface area contributed by atoms with Crippen LogP contribution in [0, 0.1) is 23.2 Å². The second-order valence-electron chi connectivity index (χ2n) is 5.85. The lowest BCUT2D eigenvalue weighted by Gasteiger charge is -2.56. The largest absolute Gasteiger partial charge is 0.240 e. The van der Waals surface area contributed by atoms with Gasteiger partial charge in [-0.1, -0.05) is 0 Å². The predicted molar refractivity (Wildman–Crippen MR) is 53.6 cm³/mol. The van der Waals surface area contributed by atoms with Crippen molar-refractivity contribution in [2.24, 2.45) is 23.2 Å². The van der Waals surface area contributed by atoms with Crippen LogP contribution in [0.4, 0.5) is 0 Å². The van der Waals surface area contributed by atoms with E-state index < -0.39 is 0 Å². The molecule has 4 aliphatic carbocycles. The molecule has 2 nitrogen and oxygen atoms in total. The van der Waals surface area contributed by atoms with Gasteiger partial charge in [-0.15, -0.1) is 0 Å². The third kappa shape index (κ3) is 1.40. The average molecular weight is 196 g/mol. The van der Waals surface area contributed by atoms with E-state index in [1.54, 1.807) is 7.11 Å². The van der Waals surface area contributed by atoms with Gasteiger partial charge in [0.1, 0.15) is 0 Å². The molecule has 0 N–H and O–H groups in total. The SMILES string of the molecule is COOCC12CC3CC(CC(C3)C1)C2. The highest BCUT2D eigenvalue weighted by atomic mass is 17.2. The normalized spacial score (nSPS) is 49.9. The van der Waals surface area contributed by atoms with Crippen LogP contribution < -0.4 is 0 Å². The average Bonchev–Trinajstić information content (AvgIpc) is 2.12. The molecule has 80 valence electrons. The zero-order valence-corrected chi connectivity index (χ0v) is 9.00. The van der Waals surface area contributed by atoms with Crippen LogP contribution in [0.2, 0.25) is 0 Å². The molecule has 0 heterocycles. The molecule has 0 radical (unpaired) electrons. The van der Waals surface area contributed by atoms with E-state index in [1.807, 2.05) is 0 Å². The van der Waals surface area contributed by atoms with E-state index in [1.165, 1.54) is 38.5 Å². The van der Waals surface area contributed by atoms with Crippen LogP contribution in [0.3, 0.4) is 0 Å². The highest BCUT2D eigenvalue weighted by Crippen LogP contribution is 2.59. The molecule has 4 aliphatic rings. The Morgan fingerprint density at radius 3 is 1.93 bits per heavy atom. The summed E-state index contributed by atoms with van der Waals surface area (Å²) < 4.78 is 0. The maximum atomic E-state index is 5.22. The molecule has 0 spiro atoms. The van der Waals surface area contributed by atoms with E-state index in [0.29, 0.717) is 5.41 Å². The number of hydrogen-bond acceptors (Lipinski definition) is 2. The predicted octanol–water partition coefficient (Wildman–Crippen LogP) is 2.78. The minimum Gasteiger partial charge on any atom is -0.240 e. The zero-order valence-electron chi connectivity index (χ0n) is 9.00. The molecule has 0 amide bonds. The summed E-state index contributed by atoms with van der Waals surface area (Å²) in [5, 5.41) is 0. The van der Waals surface area contributed by atoms with E-state index in [0.717, 1.165) is 24.4 Å². The van der Waals surface area contributed by atoms with Crippen LogP contribution in [0.5, 0.6) is 0 Å². The quantitative estimate of drug-likeness (QED) is 0.510. The Labute approximate surface area is 85.9 Å². The summed E-state index contributed by atoms with van der Waals surface area (Å²) >= 11 is 0. The molecule has 2 heteroatoms. The summed E-state index contributed by atoms with van der Waals surface area (Å²) in [7, 11) is 1.63. The highest BCUT2D eigenvalue weighted by molar-refractivity contribution is 5.01. The second kappa shape index (κ2) is 3.21. The van der Waals surface area contributed by atoms with Crippen molar-refractivity contribution in [3.05, 3.63) is 0 Å². The zero-order chi connectivity index (χ0) is 9.60. The molecule has 4 rings (SSSR count). The molecule has 4 bridgehead atoms. The maximum absolute atomic E-state index is 5.22. The van der Waals surface area contributed by atoms with Crippen molar-refractivity contribution in [1.29, 1.82) is 0 Å². The Morgan fingerprint density at radius 2 is 1.50 bits per heavy atom. The first-order valence-electron chi connectivity index (χ1n) is 5.95. The Morgan fingerprint density at radius 1 is 1.00 bits per heavy atom. The Hall–Kier alpha value is -0.0800. The molecule has 0 aromatic rings. The molecule has 0 aromatic heterocycles. The summed E-state index contributed by atoms with van der Waals surface area (Å²) in [6, 6.07) is 0. The fraction of sp³-hybridized carbons (Fsp3) is 1.00. The van der Waals surface area contributed by atoms with Gasteiger partial charge in [-0.05, 0) is 61.7 Å². The molecule has 0 saturated heterocycles. The molecular weight excluding hydrogens is 176 g/mol. The first-order chi connectivity index (χ1) is 6.80. The fourth-order valence-electron chi connectivity index (χ4n) is 4.65. The van der Waals surface area contributed by atoms with Crippen LogP contribution >= 0.6 is 0 Å². The van der Waals surface area contributed by atoms with Gasteiger partial charge in [0, 0.05) is 0 Å². The van der Waals surface area contributed by atoms with E-state index in [-0.39, 0.29) is 0 Å². The van der Waals surface area contributed by atoms with E-state index in [4.69, 9.17) is 9.78 Å². The Kier molecular flexibility index (Phi) is 2.10. The van der Waals surface area contributed by atoms with Crippen molar-refractivity contribution < 1.29 is 9.78 Å². The molecule has 4 saturated carbocycles. The van der Waals surface area contributed by atoms with Crippen LogP contribution in [0.15, 0.2) is 0 Å². The minimum absolute atomic E-state index is 0.505. The van der Waals surface area contributed by atoms with Crippen LogP contribution in [0.1, 0.15) is 38.5 Å². The molecule has 0 atom stereocenters. The van der Waals surface area contributed by atoms with Gasteiger partial charge in [-0.25, -0.2) is 9.78 Å². The number of hydrogen-bond donors (Lipinski definition) is 0. The number of rotatable bonds is 3. The second-order valence-corrected chi connectivity index (χ2v) is 5.85. The molecule has 4 fully saturated rings. The molecule has 0 unspecified atom stereocenters. The molecule has 0 aromatic carbocycles. The third-order valence-corrected chi connectivity index (χ3v) is 4.65. The van der Waals surface area contributed by atoms with Gasteiger partial charge in [0.05, 0.1) is 13.7 Å². The lowest BCUT2D eigenvalue weighted by atomic mass is 9.50. The van der Waals surface area contributed by atoms with Gasteiger partial charge >= 0.3 is 0 Å². The van der Waals surface area contributed by atoms with Gasteiger partial charge in [0.15, 0.2) is 0 Å². The van der Waals surface area contributed by atoms with E-state index in [9.17, 15) is 0 Å². The molecule has 0 aliphatic heterocycles. The van der Waals surface area contributed by atoms with Crippen LogP contribution in [0.25, 0.3) is 0 Å². The van der Waals surface area contributed by atoms with Crippen molar-refractivity contribution in [3.8, 4) is 0 Å². The highest BCUT2D eigenvalue weighted by Gasteiger charge is 2.51. The Balaban J connectivity index is 1.74. The summed E-state index contributed by atoms with van der Waals surface area (Å²) in [4.78, 5) is 10.00. The molecular formula is C12H20O2. The van der Waals surface area contributed by atoms with E-state index in [2.05, 4.69) is 0 Å². The first-order valence-corrected chi connectivity index (χ1v) is 5.95. The standard InChI is InChI=1S/C12H20O2/c1-13-14-8-12-5-9-2-10(6-12)4-11(3-9)7-12/h9-11H,2-8H2,1H3. The van der Waals surface area contributed by atoms with Crippen molar-refractivity contribution >= 4 is 0 Å². The van der Waals surface area contributed by atoms with Crippen LogP contribution in [-0.4, -0.2) is 13.7 Å². The summed E-state index contributed by atoms with van der Waals surface area (Å²) in [6.07, 6.45) is 8.73. The first kappa shape index (κ1) is 9.17. The lowest BCUT2D eigenvalue weighted by molar-refractivity contribution is -0.301. The van der Waals surface area contributed by atoms with Gasteiger partial charge in [0.2, 0.25) is 0 Å². The van der Waals surface area contributed by atoms with E-state index >= 15 is 0 Å². The lowest BCUT2D eigenvalue weighted by Crippen LogP contribution is -2.48. The van der Waals surface area contributed by atoms with Gasteiger partial charge in [-0.2, -0.15) is 0 Å². The van der Waals surface area contributed by atoms with Crippen molar-refractivity contribution in [2.45, 2.75) is 38.5 Å². The van der Waals surface area contributed by atoms with Gasteiger partial charge in [-0.3, -0.25) is 0 Å². The van der Waals surface area contributed by atoms with Crippen LogP contribution in [-0.2, 0) is 9.78 Å².